The van der Waals surface area contributed by atoms with E-state index in [1.54, 1.807) is 37.3 Å². The summed E-state index contributed by atoms with van der Waals surface area (Å²) < 4.78 is 23.6. The van der Waals surface area contributed by atoms with Gasteiger partial charge in [-0.3, -0.25) is 0 Å². The molecule has 0 radical (unpaired) electrons. The molecular weight excluding hydrogens is 287 g/mol. The van der Waals surface area contributed by atoms with Crippen LogP contribution in [0.15, 0.2) is 57.7 Å². The minimum atomic E-state index is -0.955. The molecule has 0 unspecified atom stereocenters. The van der Waals surface area contributed by atoms with Crippen LogP contribution in [0.3, 0.4) is 0 Å². The Kier molecular flexibility index (Phi) is 3.47. The fourth-order valence-electron chi connectivity index (χ4n) is 2.05. The van der Waals surface area contributed by atoms with Gasteiger partial charge in [-0.1, -0.05) is 24.3 Å². The quantitative estimate of drug-likeness (QED) is 0.413. The van der Waals surface area contributed by atoms with Gasteiger partial charge in [0.05, 0.1) is 0 Å². The summed E-state index contributed by atoms with van der Waals surface area (Å²) in [6.45, 7) is 1.74. The number of esters is 1. The van der Waals surface area contributed by atoms with Gasteiger partial charge in [-0.15, -0.1) is 0 Å². The van der Waals surface area contributed by atoms with Gasteiger partial charge >= 0.3 is 11.6 Å². The summed E-state index contributed by atoms with van der Waals surface area (Å²) in [5.74, 6) is -1.86. The number of aryl methyl sites for hydroxylation is 1. The molecule has 2 aromatic carbocycles. The van der Waals surface area contributed by atoms with Gasteiger partial charge in [0.15, 0.2) is 11.6 Å². The molecule has 0 saturated heterocycles. The summed E-state index contributed by atoms with van der Waals surface area (Å²) in [6, 6.07) is 12.3. The molecule has 0 aliphatic rings. The van der Waals surface area contributed by atoms with Crippen molar-refractivity contribution in [1.82, 2.24) is 0 Å². The molecule has 0 atom stereocenters. The van der Waals surface area contributed by atoms with E-state index in [0.29, 0.717) is 11.0 Å². The number of halogens is 1. The van der Waals surface area contributed by atoms with E-state index in [1.807, 2.05) is 0 Å². The normalized spacial score (nSPS) is 10.6. The smallest absolute Gasteiger partial charge is 0.351 e. The van der Waals surface area contributed by atoms with Crippen molar-refractivity contribution in [2.45, 2.75) is 6.92 Å². The first-order valence-electron chi connectivity index (χ1n) is 6.56. The van der Waals surface area contributed by atoms with Gasteiger partial charge in [-0.05, 0) is 36.8 Å². The van der Waals surface area contributed by atoms with Crippen molar-refractivity contribution >= 4 is 16.9 Å². The van der Waals surface area contributed by atoms with E-state index in [0.717, 1.165) is 5.56 Å². The molecule has 22 heavy (non-hydrogen) atoms. The highest BCUT2D eigenvalue weighted by Crippen LogP contribution is 2.20. The summed E-state index contributed by atoms with van der Waals surface area (Å²) in [5, 5.41) is 0.582. The number of rotatable bonds is 2. The molecule has 1 heterocycles. The van der Waals surface area contributed by atoms with Crippen LogP contribution in [0, 0.1) is 12.7 Å². The van der Waals surface area contributed by atoms with Crippen molar-refractivity contribution in [3.05, 3.63) is 75.9 Å². The van der Waals surface area contributed by atoms with Crippen LogP contribution >= 0.6 is 0 Å². The minimum absolute atomic E-state index is 0.224. The predicted molar refractivity (Wildman–Crippen MR) is 78.6 cm³/mol. The zero-order chi connectivity index (χ0) is 15.7. The van der Waals surface area contributed by atoms with Crippen molar-refractivity contribution in [1.29, 1.82) is 0 Å². The minimum Gasteiger partial charge on any atom is -0.422 e. The van der Waals surface area contributed by atoms with Crippen molar-refractivity contribution in [3.63, 3.8) is 0 Å². The zero-order valence-electron chi connectivity index (χ0n) is 11.6. The Hall–Kier alpha value is -2.95. The summed E-state index contributed by atoms with van der Waals surface area (Å²) in [7, 11) is 0. The van der Waals surface area contributed by atoms with Crippen LogP contribution in [-0.2, 0) is 0 Å². The zero-order valence-corrected chi connectivity index (χ0v) is 11.6. The highest BCUT2D eigenvalue weighted by atomic mass is 19.1. The van der Waals surface area contributed by atoms with E-state index in [-0.39, 0.29) is 11.3 Å². The summed E-state index contributed by atoms with van der Waals surface area (Å²) in [4.78, 5) is 23.9. The average molecular weight is 298 g/mol. The first-order valence-corrected chi connectivity index (χ1v) is 6.56. The maximum absolute atomic E-state index is 13.6. The number of ether oxygens (including phenoxy) is 1. The Balaban J connectivity index is 2.00. The van der Waals surface area contributed by atoms with Gasteiger partial charge in [-0.2, -0.15) is 0 Å². The maximum Gasteiger partial charge on any atom is 0.351 e. The molecule has 3 rings (SSSR count). The summed E-state index contributed by atoms with van der Waals surface area (Å²) in [6.07, 6.45) is 0. The van der Waals surface area contributed by atoms with Crippen LogP contribution in [0.25, 0.3) is 11.0 Å². The van der Waals surface area contributed by atoms with E-state index in [9.17, 15) is 14.0 Å². The van der Waals surface area contributed by atoms with Gasteiger partial charge in [0.25, 0.3) is 0 Å². The fourth-order valence-corrected chi connectivity index (χ4v) is 2.05. The Labute approximate surface area is 124 Å². The second-order valence-electron chi connectivity index (χ2n) is 4.81. The van der Waals surface area contributed by atoms with Crippen LogP contribution in [0.2, 0.25) is 0 Å². The predicted octanol–water partition coefficient (Wildman–Crippen LogP) is 3.46. The van der Waals surface area contributed by atoms with E-state index < -0.39 is 17.4 Å². The molecule has 1 aromatic heterocycles. The van der Waals surface area contributed by atoms with Crippen LogP contribution in [0.1, 0.15) is 15.9 Å². The lowest BCUT2D eigenvalue weighted by molar-refractivity contribution is 0.0723. The number of fused-ring (bicyclic) bond motifs is 1. The molecule has 0 N–H and O–H groups in total. The Bertz CT molecular complexity index is 927. The third-order valence-electron chi connectivity index (χ3n) is 3.15. The summed E-state index contributed by atoms with van der Waals surface area (Å²) >= 11 is 0. The molecule has 4 nitrogen and oxygen atoms in total. The van der Waals surface area contributed by atoms with Crippen molar-refractivity contribution in [3.8, 4) is 5.75 Å². The SMILES string of the molecule is Cc1ccc(F)c(OC(=O)c2cc3ccccc3oc2=O)c1. The number of hydrogen-bond donors (Lipinski definition) is 0. The number of carbonyl (C=O) groups excluding carboxylic acids is 1. The summed E-state index contributed by atoms with van der Waals surface area (Å²) in [5.41, 5.74) is -0.00287. The lowest BCUT2D eigenvalue weighted by atomic mass is 10.2. The van der Waals surface area contributed by atoms with E-state index in [1.165, 1.54) is 18.2 Å². The molecule has 0 saturated carbocycles. The van der Waals surface area contributed by atoms with Crippen LogP contribution in [0.5, 0.6) is 5.75 Å². The molecule has 5 heteroatoms. The molecular formula is C17H11FO4. The number of carbonyl (C=O) groups is 1. The van der Waals surface area contributed by atoms with Gasteiger partial charge in [0, 0.05) is 5.39 Å². The Morgan fingerprint density at radius 2 is 1.91 bits per heavy atom. The second kappa shape index (κ2) is 5.44. The molecule has 110 valence electrons. The highest BCUT2D eigenvalue weighted by molar-refractivity contribution is 5.94. The van der Waals surface area contributed by atoms with Crippen molar-refractivity contribution in [2.75, 3.05) is 0 Å². The standard InChI is InChI=1S/C17H11FO4/c1-10-6-7-13(18)15(8-10)22-17(20)12-9-11-4-2-3-5-14(11)21-16(12)19/h2-9H,1H3. The third kappa shape index (κ3) is 2.61. The molecule has 0 spiro atoms. The van der Waals surface area contributed by atoms with Gasteiger partial charge in [-0.25, -0.2) is 14.0 Å². The van der Waals surface area contributed by atoms with Crippen molar-refractivity contribution in [2.24, 2.45) is 0 Å². The third-order valence-corrected chi connectivity index (χ3v) is 3.15. The first kappa shape index (κ1) is 14.0. The maximum atomic E-state index is 13.6. The Morgan fingerprint density at radius 3 is 2.73 bits per heavy atom. The largest absolute Gasteiger partial charge is 0.422 e. The number of hydrogen-bond acceptors (Lipinski definition) is 4. The van der Waals surface area contributed by atoms with Crippen LogP contribution in [0.4, 0.5) is 4.39 Å². The average Bonchev–Trinajstić information content (AvgIpc) is 2.50. The molecule has 0 aliphatic heterocycles. The monoisotopic (exact) mass is 298 g/mol. The lowest BCUT2D eigenvalue weighted by Gasteiger charge is -2.06. The van der Waals surface area contributed by atoms with Gasteiger partial charge in [0.1, 0.15) is 11.1 Å². The molecule has 3 aromatic rings. The van der Waals surface area contributed by atoms with Gasteiger partial charge in [0.2, 0.25) is 0 Å². The molecule has 0 bridgehead atoms. The second-order valence-corrected chi connectivity index (χ2v) is 4.81. The van der Waals surface area contributed by atoms with Crippen LogP contribution < -0.4 is 10.4 Å². The van der Waals surface area contributed by atoms with Crippen LogP contribution in [-0.4, -0.2) is 5.97 Å². The molecule has 0 fully saturated rings. The lowest BCUT2D eigenvalue weighted by Crippen LogP contribution is -2.19. The van der Waals surface area contributed by atoms with E-state index in [4.69, 9.17) is 9.15 Å². The fraction of sp³-hybridized carbons (Fsp3) is 0.0588. The van der Waals surface area contributed by atoms with Crippen molar-refractivity contribution < 1.29 is 18.3 Å². The topological polar surface area (TPSA) is 56.5 Å². The number of benzene rings is 2. The van der Waals surface area contributed by atoms with Gasteiger partial charge < -0.3 is 9.15 Å². The van der Waals surface area contributed by atoms with E-state index >= 15 is 0 Å². The number of para-hydroxylation sites is 1. The molecule has 0 amide bonds. The first-order chi connectivity index (χ1) is 10.5. The highest BCUT2D eigenvalue weighted by Gasteiger charge is 2.17. The van der Waals surface area contributed by atoms with E-state index in [2.05, 4.69) is 0 Å². The Morgan fingerprint density at radius 1 is 1.14 bits per heavy atom. The molecule has 0 aliphatic carbocycles.